The molecule has 4 nitrogen and oxygen atoms in total. The lowest BCUT2D eigenvalue weighted by Crippen LogP contribution is -2.14. The van der Waals surface area contributed by atoms with Crippen LogP contribution in [0.15, 0.2) is 23.0 Å². The molecule has 0 aliphatic heterocycles. The van der Waals surface area contributed by atoms with E-state index in [9.17, 15) is 9.90 Å². The fourth-order valence-corrected chi connectivity index (χ4v) is 1.94. The number of pyridine rings is 1. The summed E-state index contributed by atoms with van der Waals surface area (Å²) in [5, 5.41) is 10.7. The standard InChI is InChI=1S/C12H12ClNO3/c1-6(15)8-3-7-4-9(13)11(17-2)5-10(7)14-12(8)16/h3-6,15H,1-2H3,(H,14,16)/t6-/m0/s1. The van der Waals surface area contributed by atoms with E-state index >= 15 is 0 Å². The average molecular weight is 254 g/mol. The molecule has 2 rings (SSSR count). The first-order valence-electron chi connectivity index (χ1n) is 5.11. The van der Waals surface area contributed by atoms with Gasteiger partial charge in [-0.1, -0.05) is 11.6 Å². The molecule has 0 aliphatic carbocycles. The molecule has 0 saturated carbocycles. The molecule has 0 radical (unpaired) electrons. The van der Waals surface area contributed by atoms with Crippen molar-refractivity contribution >= 4 is 22.5 Å². The van der Waals surface area contributed by atoms with Gasteiger partial charge < -0.3 is 14.8 Å². The molecule has 17 heavy (non-hydrogen) atoms. The second-order valence-corrected chi connectivity index (χ2v) is 4.21. The molecule has 1 aromatic heterocycles. The van der Waals surface area contributed by atoms with Crippen LogP contribution in [0.3, 0.4) is 0 Å². The van der Waals surface area contributed by atoms with Crippen molar-refractivity contribution in [2.24, 2.45) is 0 Å². The summed E-state index contributed by atoms with van der Waals surface area (Å²) in [7, 11) is 1.51. The molecule has 2 aromatic rings. The normalized spacial score (nSPS) is 12.7. The number of aliphatic hydroxyl groups excluding tert-OH is 1. The lowest BCUT2D eigenvalue weighted by atomic mass is 10.1. The van der Waals surface area contributed by atoms with Gasteiger partial charge in [0.2, 0.25) is 0 Å². The molecule has 1 aromatic carbocycles. The lowest BCUT2D eigenvalue weighted by Gasteiger charge is -2.08. The van der Waals surface area contributed by atoms with Crippen LogP contribution in [0, 0.1) is 0 Å². The quantitative estimate of drug-likeness (QED) is 0.863. The topological polar surface area (TPSA) is 62.3 Å². The number of fused-ring (bicyclic) bond motifs is 1. The van der Waals surface area contributed by atoms with Crippen molar-refractivity contribution in [3.8, 4) is 5.75 Å². The minimum atomic E-state index is -0.816. The van der Waals surface area contributed by atoms with Crippen molar-refractivity contribution in [2.75, 3.05) is 7.11 Å². The summed E-state index contributed by atoms with van der Waals surface area (Å²) in [6.45, 7) is 1.54. The first-order chi connectivity index (χ1) is 8.02. The molecule has 0 aliphatic rings. The predicted octanol–water partition coefficient (Wildman–Crippen LogP) is 2.24. The van der Waals surface area contributed by atoms with Gasteiger partial charge in [0.25, 0.3) is 5.56 Å². The summed E-state index contributed by atoms with van der Waals surface area (Å²) in [6, 6.07) is 4.98. The molecule has 1 heterocycles. The van der Waals surface area contributed by atoms with Crippen molar-refractivity contribution in [2.45, 2.75) is 13.0 Å². The van der Waals surface area contributed by atoms with E-state index in [1.165, 1.54) is 7.11 Å². The number of halogens is 1. The number of aliphatic hydroxyl groups is 1. The Morgan fingerprint density at radius 1 is 1.41 bits per heavy atom. The van der Waals surface area contributed by atoms with Crippen LogP contribution in [-0.4, -0.2) is 17.2 Å². The van der Waals surface area contributed by atoms with Crippen molar-refractivity contribution in [1.29, 1.82) is 0 Å². The van der Waals surface area contributed by atoms with Crippen LogP contribution in [-0.2, 0) is 0 Å². The molecule has 5 heteroatoms. The van der Waals surface area contributed by atoms with Crippen molar-refractivity contribution in [3.63, 3.8) is 0 Å². The van der Waals surface area contributed by atoms with E-state index in [0.29, 0.717) is 21.9 Å². The third-order valence-corrected chi connectivity index (χ3v) is 2.89. The first-order valence-corrected chi connectivity index (χ1v) is 5.49. The molecule has 1 atom stereocenters. The minimum Gasteiger partial charge on any atom is -0.495 e. The lowest BCUT2D eigenvalue weighted by molar-refractivity contribution is 0.198. The molecule has 0 unspecified atom stereocenters. The summed E-state index contributed by atoms with van der Waals surface area (Å²) < 4.78 is 5.07. The van der Waals surface area contributed by atoms with Gasteiger partial charge in [0.15, 0.2) is 0 Å². The zero-order chi connectivity index (χ0) is 12.6. The van der Waals surface area contributed by atoms with Crippen LogP contribution in [0.1, 0.15) is 18.6 Å². The Kier molecular flexibility index (Phi) is 3.09. The number of hydrogen-bond acceptors (Lipinski definition) is 3. The van der Waals surface area contributed by atoms with Crippen LogP contribution in [0.2, 0.25) is 5.02 Å². The summed E-state index contributed by atoms with van der Waals surface area (Å²) >= 11 is 6.00. The monoisotopic (exact) mass is 253 g/mol. The van der Waals surface area contributed by atoms with Gasteiger partial charge in [-0.2, -0.15) is 0 Å². The molecular formula is C12H12ClNO3. The van der Waals surface area contributed by atoms with E-state index in [2.05, 4.69) is 4.98 Å². The largest absolute Gasteiger partial charge is 0.495 e. The third-order valence-electron chi connectivity index (χ3n) is 2.60. The molecule has 0 fully saturated rings. The highest BCUT2D eigenvalue weighted by Crippen LogP contribution is 2.29. The van der Waals surface area contributed by atoms with E-state index in [0.717, 1.165) is 5.39 Å². The van der Waals surface area contributed by atoms with Crippen LogP contribution >= 0.6 is 11.6 Å². The fourth-order valence-electron chi connectivity index (χ4n) is 1.69. The van der Waals surface area contributed by atoms with Crippen LogP contribution < -0.4 is 10.3 Å². The molecule has 0 saturated heterocycles. The summed E-state index contributed by atoms with van der Waals surface area (Å²) in [5.41, 5.74) is 0.635. The molecule has 0 amide bonds. The highest BCUT2D eigenvalue weighted by Gasteiger charge is 2.10. The average Bonchev–Trinajstić information content (AvgIpc) is 2.27. The Morgan fingerprint density at radius 2 is 2.12 bits per heavy atom. The smallest absolute Gasteiger partial charge is 0.254 e. The van der Waals surface area contributed by atoms with E-state index < -0.39 is 6.10 Å². The van der Waals surface area contributed by atoms with Crippen molar-refractivity contribution in [3.05, 3.63) is 39.1 Å². The Bertz CT molecular complexity index is 619. The number of benzene rings is 1. The van der Waals surface area contributed by atoms with Gasteiger partial charge in [0.05, 0.1) is 23.8 Å². The number of aromatic nitrogens is 1. The molecular weight excluding hydrogens is 242 g/mol. The van der Waals surface area contributed by atoms with E-state index in [-0.39, 0.29) is 5.56 Å². The second kappa shape index (κ2) is 4.39. The number of rotatable bonds is 2. The number of nitrogens with one attached hydrogen (secondary N) is 1. The fraction of sp³-hybridized carbons (Fsp3) is 0.250. The minimum absolute atomic E-state index is 0.308. The summed E-state index contributed by atoms with van der Waals surface area (Å²) in [4.78, 5) is 14.4. The number of hydrogen-bond donors (Lipinski definition) is 2. The van der Waals surface area contributed by atoms with Gasteiger partial charge in [0, 0.05) is 17.0 Å². The second-order valence-electron chi connectivity index (χ2n) is 3.80. The summed E-state index contributed by atoms with van der Waals surface area (Å²) in [5.74, 6) is 0.500. The molecule has 0 bridgehead atoms. The molecule has 2 N–H and O–H groups in total. The van der Waals surface area contributed by atoms with Gasteiger partial charge in [-0.15, -0.1) is 0 Å². The zero-order valence-corrected chi connectivity index (χ0v) is 10.2. The predicted molar refractivity (Wildman–Crippen MR) is 66.8 cm³/mol. The van der Waals surface area contributed by atoms with Gasteiger partial charge in [-0.05, 0) is 19.1 Å². The van der Waals surface area contributed by atoms with Gasteiger partial charge in [-0.3, -0.25) is 4.79 Å². The Hall–Kier alpha value is -1.52. The number of methoxy groups -OCH3 is 1. The molecule has 0 spiro atoms. The Labute approximate surface area is 103 Å². The van der Waals surface area contributed by atoms with Crippen molar-refractivity contribution in [1.82, 2.24) is 4.98 Å². The van der Waals surface area contributed by atoms with E-state index in [1.807, 2.05) is 0 Å². The van der Waals surface area contributed by atoms with Crippen molar-refractivity contribution < 1.29 is 9.84 Å². The maximum absolute atomic E-state index is 11.7. The van der Waals surface area contributed by atoms with Gasteiger partial charge in [-0.25, -0.2) is 0 Å². The summed E-state index contributed by atoms with van der Waals surface area (Å²) in [6.07, 6.45) is -0.816. The third kappa shape index (κ3) is 2.14. The maximum atomic E-state index is 11.7. The van der Waals surface area contributed by atoms with Crippen LogP contribution in [0.25, 0.3) is 10.9 Å². The first kappa shape index (κ1) is 12.0. The Morgan fingerprint density at radius 3 is 2.71 bits per heavy atom. The number of H-pyrrole nitrogens is 1. The highest BCUT2D eigenvalue weighted by atomic mass is 35.5. The van der Waals surface area contributed by atoms with Gasteiger partial charge in [0.1, 0.15) is 5.75 Å². The Balaban J connectivity index is 2.75. The van der Waals surface area contributed by atoms with Gasteiger partial charge >= 0.3 is 0 Å². The maximum Gasteiger partial charge on any atom is 0.254 e. The van der Waals surface area contributed by atoms with Crippen LogP contribution in [0.4, 0.5) is 0 Å². The van der Waals surface area contributed by atoms with E-state index in [4.69, 9.17) is 16.3 Å². The SMILES string of the molecule is COc1cc2[nH]c(=O)c([C@H](C)O)cc2cc1Cl. The zero-order valence-electron chi connectivity index (χ0n) is 9.45. The number of aromatic amines is 1. The molecule has 90 valence electrons. The highest BCUT2D eigenvalue weighted by molar-refractivity contribution is 6.32. The van der Waals surface area contributed by atoms with E-state index in [1.54, 1.807) is 25.1 Å². The number of ether oxygens (including phenoxy) is 1. The van der Waals surface area contributed by atoms with Crippen LogP contribution in [0.5, 0.6) is 5.75 Å².